The molecule has 1 aliphatic carbocycles. The molecule has 1 aromatic rings. The molecule has 0 aliphatic heterocycles. The maximum Gasteiger partial charge on any atom is 0.125 e. The van der Waals surface area contributed by atoms with Crippen LogP contribution in [0.4, 0.5) is 0 Å². The van der Waals surface area contributed by atoms with Gasteiger partial charge in [0.1, 0.15) is 5.75 Å². The lowest BCUT2D eigenvalue weighted by molar-refractivity contribution is 0.305. The third-order valence-corrected chi connectivity index (χ3v) is 3.94. The lowest BCUT2D eigenvalue weighted by Gasteiger charge is -2.37. The molecule has 0 radical (unpaired) electrons. The molecule has 0 bridgehead atoms. The minimum absolute atomic E-state index is 0.335. The number of nitriles is 1. The first kappa shape index (κ1) is 11.5. The van der Waals surface area contributed by atoms with E-state index in [0.717, 1.165) is 40.6 Å². The summed E-state index contributed by atoms with van der Waals surface area (Å²) in [7, 11) is 1.66. The summed E-state index contributed by atoms with van der Waals surface area (Å²) in [6.45, 7) is 2.02. The van der Waals surface area contributed by atoms with Crippen molar-refractivity contribution in [3.63, 3.8) is 0 Å². The summed E-state index contributed by atoms with van der Waals surface area (Å²) >= 11 is 3.56. The summed E-state index contributed by atoms with van der Waals surface area (Å²) in [6, 6.07) is 6.50. The van der Waals surface area contributed by atoms with E-state index in [2.05, 4.69) is 28.1 Å². The van der Waals surface area contributed by atoms with E-state index >= 15 is 0 Å². The lowest BCUT2D eigenvalue weighted by Crippen LogP contribution is -2.33. The molecule has 0 aromatic heterocycles. The van der Waals surface area contributed by atoms with Crippen LogP contribution in [0.25, 0.3) is 0 Å². The van der Waals surface area contributed by atoms with Gasteiger partial charge in [-0.2, -0.15) is 5.26 Å². The number of ether oxygens (including phenoxy) is 1. The molecule has 1 saturated carbocycles. The molecule has 0 heterocycles. The molecule has 1 aliphatic rings. The van der Waals surface area contributed by atoms with Crippen molar-refractivity contribution in [2.24, 2.45) is 0 Å². The van der Waals surface area contributed by atoms with Crippen LogP contribution in [-0.4, -0.2) is 7.11 Å². The van der Waals surface area contributed by atoms with Gasteiger partial charge in [-0.1, -0.05) is 15.9 Å². The summed E-state index contributed by atoms with van der Waals surface area (Å²) in [6.07, 6.45) is 2.99. The van der Waals surface area contributed by atoms with Gasteiger partial charge in [-0.05, 0) is 43.9 Å². The van der Waals surface area contributed by atoms with Crippen LogP contribution in [0.15, 0.2) is 16.6 Å². The van der Waals surface area contributed by atoms with Crippen molar-refractivity contribution in [2.45, 2.75) is 31.6 Å². The fraction of sp³-hybridized carbons (Fsp3) is 0.462. The number of halogens is 1. The molecule has 84 valence electrons. The van der Waals surface area contributed by atoms with E-state index in [9.17, 15) is 5.26 Å². The second kappa shape index (κ2) is 4.10. The summed E-state index contributed by atoms with van der Waals surface area (Å²) in [5.41, 5.74) is 1.83. The Labute approximate surface area is 104 Å². The van der Waals surface area contributed by atoms with Crippen LogP contribution in [0, 0.1) is 18.3 Å². The van der Waals surface area contributed by atoms with Gasteiger partial charge in [0.25, 0.3) is 0 Å². The van der Waals surface area contributed by atoms with Crippen LogP contribution in [0.2, 0.25) is 0 Å². The molecule has 0 unspecified atom stereocenters. The van der Waals surface area contributed by atoms with E-state index in [0.29, 0.717) is 0 Å². The van der Waals surface area contributed by atoms with E-state index in [-0.39, 0.29) is 5.41 Å². The van der Waals surface area contributed by atoms with Gasteiger partial charge in [-0.15, -0.1) is 0 Å². The van der Waals surface area contributed by atoms with Crippen molar-refractivity contribution in [3.8, 4) is 11.8 Å². The third-order valence-electron chi connectivity index (χ3n) is 3.32. The van der Waals surface area contributed by atoms with Crippen LogP contribution in [-0.2, 0) is 5.41 Å². The minimum atomic E-state index is -0.335. The molecule has 1 fully saturated rings. The largest absolute Gasteiger partial charge is 0.496 e. The molecule has 16 heavy (non-hydrogen) atoms. The molecular weight excluding hydrogens is 266 g/mol. The molecule has 0 amide bonds. The van der Waals surface area contributed by atoms with E-state index in [1.54, 1.807) is 7.11 Å². The molecule has 0 atom stereocenters. The van der Waals surface area contributed by atoms with Crippen molar-refractivity contribution in [1.82, 2.24) is 0 Å². The van der Waals surface area contributed by atoms with Crippen LogP contribution in [0.1, 0.15) is 30.4 Å². The first-order chi connectivity index (χ1) is 7.63. The number of methoxy groups -OCH3 is 1. The second-order valence-corrected chi connectivity index (χ2v) is 5.23. The Morgan fingerprint density at radius 3 is 2.56 bits per heavy atom. The number of hydrogen-bond donors (Lipinski definition) is 0. The average molecular weight is 280 g/mol. The fourth-order valence-electron chi connectivity index (χ4n) is 2.28. The summed E-state index contributed by atoms with van der Waals surface area (Å²) in [4.78, 5) is 0. The first-order valence-electron chi connectivity index (χ1n) is 5.39. The maximum absolute atomic E-state index is 9.38. The SMILES string of the molecule is COc1cc(C)cc(Br)c1C1(C#N)CCC1. The van der Waals surface area contributed by atoms with Crippen molar-refractivity contribution in [2.75, 3.05) is 7.11 Å². The maximum atomic E-state index is 9.38. The highest BCUT2D eigenvalue weighted by Crippen LogP contribution is 2.49. The van der Waals surface area contributed by atoms with Crippen molar-refractivity contribution >= 4 is 15.9 Å². The van der Waals surface area contributed by atoms with Crippen LogP contribution in [0.5, 0.6) is 5.75 Å². The van der Waals surface area contributed by atoms with Gasteiger partial charge in [0.2, 0.25) is 0 Å². The van der Waals surface area contributed by atoms with E-state index in [4.69, 9.17) is 4.74 Å². The zero-order chi connectivity index (χ0) is 11.8. The van der Waals surface area contributed by atoms with E-state index in [1.807, 2.05) is 13.0 Å². The highest BCUT2D eigenvalue weighted by atomic mass is 79.9. The molecule has 3 heteroatoms. The quantitative estimate of drug-likeness (QED) is 0.827. The number of aryl methyl sites for hydroxylation is 1. The molecule has 0 saturated heterocycles. The standard InChI is InChI=1S/C13H14BrNO/c1-9-6-10(14)12(11(7-9)16-2)13(8-15)4-3-5-13/h6-7H,3-5H2,1-2H3. The van der Waals surface area contributed by atoms with Gasteiger partial charge in [0.05, 0.1) is 18.6 Å². The lowest BCUT2D eigenvalue weighted by atomic mass is 9.65. The minimum Gasteiger partial charge on any atom is -0.496 e. The molecular formula is C13H14BrNO. The number of benzene rings is 1. The predicted octanol–water partition coefficient (Wildman–Crippen LogP) is 3.71. The molecule has 2 nitrogen and oxygen atoms in total. The zero-order valence-electron chi connectivity index (χ0n) is 9.51. The van der Waals surface area contributed by atoms with Gasteiger partial charge in [0.15, 0.2) is 0 Å². The summed E-state index contributed by atoms with van der Waals surface area (Å²) in [5.74, 6) is 0.827. The second-order valence-electron chi connectivity index (χ2n) is 4.37. The van der Waals surface area contributed by atoms with Crippen LogP contribution in [0.3, 0.4) is 0 Å². The molecule has 0 spiro atoms. The Kier molecular flexibility index (Phi) is 2.94. The van der Waals surface area contributed by atoms with Gasteiger partial charge in [-0.3, -0.25) is 0 Å². The van der Waals surface area contributed by atoms with Gasteiger partial charge in [0, 0.05) is 10.0 Å². The van der Waals surface area contributed by atoms with Gasteiger partial charge >= 0.3 is 0 Å². The highest BCUT2D eigenvalue weighted by Gasteiger charge is 2.42. The molecule has 1 aromatic carbocycles. The van der Waals surface area contributed by atoms with E-state index < -0.39 is 0 Å². The van der Waals surface area contributed by atoms with Crippen molar-refractivity contribution in [3.05, 3.63) is 27.7 Å². The zero-order valence-corrected chi connectivity index (χ0v) is 11.1. The number of nitrogens with zero attached hydrogens (tertiary/aromatic N) is 1. The van der Waals surface area contributed by atoms with Gasteiger partial charge in [-0.25, -0.2) is 0 Å². The molecule has 2 rings (SSSR count). The van der Waals surface area contributed by atoms with Crippen LogP contribution >= 0.6 is 15.9 Å². The first-order valence-corrected chi connectivity index (χ1v) is 6.18. The predicted molar refractivity (Wildman–Crippen MR) is 66.6 cm³/mol. The van der Waals surface area contributed by atoms with Gasteiger partial charge < -0.3 is 4.74 Å². The Balaban J connectivity index is 2.60. The van der Waals surface area contributed by atoms with Crippen molar-refractivity contribution in [1.29, 1.82) is 5.26 Å². The molecule has 0 N–H and O–H groups in total. The Morgan fingerprint density at radius 1 is 1.44 bits per heavy atom. The fourth-order valence-corrected chi connectivity index (χ4v) is 3.22. The average Bonchev–Trinajstić information content (AvgIpc) is 2.19. The normalized spacial score (nSPS) is 17.4. The van der Waals surface area contributed by atoms with Crippen molar-refractivity contribution < 1.29 is 4.74 Å². The number of hydrogen-bond acceptors (Lipinski definition) is 2. The smallest absolute Gasteiger partial charge is 0.125 e. The summed E-state index contributed by atoms with van der Waals surface area (Å²) in [5, 5.41) is 9.38. The highest BCUT2D eigenvalue weighted by molar-refractivity contribution is 9.10. The number of rotatable bonds is 2. The Hall–Kier alpha value is -1.01. The third kappa shape index (κ3) is 1.62. The Bertz CT molecular complexity index is 458. The van der Waals surface area contributed by atoms with E-state index in [1.165, 1.54) is 0 Å². The Morgan fingerprint density at radius 2 is 2.12 bits per heavy atom. The monoisotopic (exact) mass is 279 g/mol. The topological polar surface area (TPSA) is 33.0 Å². The van der Waals surface area contributed by atoms with Crippen LogP contribution < -0.4 is 4.74 Å². The summed E-state index contributed by atoms with van der Waals surface area (Å²) < 4.78 is 6.40.